The standard InChI is InChI=1S/C10H14O3/c1-7(11)9(10(12)13)8-5-3-2-4-6-8/h3,5,8-9H,2,4,6H2,1H3,(H,12,13). The average Bonchev–Trinajstić information content (AvgIpc) is 2.04. The molecule has 72 valence electrons. The maximum Gasteiger partial charge on any atom is 0.314 e. The van der Waals surface area contributed by atoms with Gasteiger partial charge in [-0.25, -0.2) is 0 Å². The van der Waals surface area contributed by atoms with E-state index in [1.807, 2.05) is 12.2 Å². The number of allylic oxidation sites excluding steroid dienone is 2. The van der Waals surface area contributed by atoms with Crippen LogP contribution in [-0.2, 0) is 9.59 Å². The van der Waals surface area contributed by atoms with Crippen LogP contribution in [0.3, 0.4) is 0 Å². The van der Waals surface area contributed by atoms with Gasteiger partial charge in [0.2, 0.25) is 0 Å². The SMILES string of the molecule is CC(=O)C(C(=O)O)C1C=CCCC1. The number of carbonyl (C=O) groups excluding carboxylic acids is 1. The first-order chi connectivity index (χ1) is 6.13. The minimum Gasteiger partial charge on any atom is -0.481 e. The number of carbonyl (C=O) groups is 2. The lowest BCUT2D eigenvalue weighted by Gasteiger charge is -2.21. The van der Waals surface area contributed by atoms with Gasteiger partial charge < -0.3 is 5.11 Å². The van der Waals surface area contributed by atoms with Crippen molar-refractivity contribution in [2.24, 2.45) is 11.8 Å². The Morgan fingerprint density at radius 1 is 1.54 bits per heavy atom. The van der Waals surface area contributed by atoms with E-state index in [4.69, 9.17) is 5.11 Å². The van der Waals surface area contributed by atoms with Gasteiger partial charge >= 0.3 is 5.97 Å². The molecule has 0 spiro atoms. The van der Waals surface area contributed by atoms with E-state index in [1.165, 1.54) is 6.92 Å². The van der Waals surface area contributed by atoms with Crippen LogP contribution in [0, 0.1) is 11.8 Å². The summed E-state index contributed by atoms with van der Waals surface area (Å²) in [6.07, 6.45) is 6.63. The molecular weight excluding hydrogens is 168 g/mol. The topological polar surface area (TPSA) is 54.4 Å². The van der Waals surface area contributed by atoms with Crippen molar-refractivity contribution in [1.82, 2.24) is 0 Å². The van der Waals surface area contributed by atoms with Crippen molar-refractivity contribution in [3.05, 3.63) is 12.2 Å². The molecule has 13 heavy (non-hydrogen) atoms. The second-order valence-electron chi connectivity index (χ2n) is 3.45. The molecule has 1 rings (SSSR count). The Labute approximate surface area is 77.4 Å². The molecule has 0 aromatic carbocycles. The molecule has 0 bridgehead atoms. The third kappa shape index (κ3) is 2.41. The van der Waals surface area contributed by atoms with Gasteiger partial charge in [-0.1, -0.05) is 12.2 Å². The van der Waals surface area contributed by atoms with E-state index in [0.29, 0.717) is 0 Å². The highest BCUT2D eigenvalue weighted by Crippen LogP contribution is 2.25. The fourth-order valence-electron chi connectivity index (χ4n) is 1.77. The summed E-state index contributed by atoms with van der Waals surface area (Å²) in [5, 5.41) is 8.84. The zero-order valence-electron chi connectivity index (χ0n) is 7.69. The molecule has 0 fully saturated rings. The summed E-state index contributed by atoms with van der Waals surface area (Å²) >= 11 is 0. The number of carboxylic acid groups (broad SMARTS) is 1. The van der Waals surface area contributed by atoms with Crippen LogP contribution < -0.4 is 0 Å². The molecule has 0 aromatic heterocycles. The molecule has 1 aliphatic rings. The van der Waals surface area contributed by atoms with Gasteiger partial charge in [-0.15, -0.1) is 0 Å². The maximum absolute atomic E-state index is 11.1. The molecule has 0 radical (unpaired) electrons. The van der Waals surface area contributed by atoms with Crippen molar-refractivity contribution in [2.45, 2.75) is 26.2 Å². The van der Waals surface area contributed by atoms with Crippen LogP contribution >= 0.6 is 0 Å². The Morgan fingerprint density at radius 3 is 2.62 bits per heavy atom. The monoisotopic (exact) mass is 182 g/mol. The third-order valence-corrected chi connectivity index (χ3v) is 2.42. The third-order valence-electron chi connectivity index (χ3n) is 2.42. The summed E-state index contributed by atoms with van der Waals surface area (Å²) < 4.78 is 0. The van der Waals surface area contributed by atoms with Crippen LogP contribution in [0.25, 0.3) is 0 Å². The van der Waals surface area contributed by atoms with Crippen LogP contribution in [0.5, 0.6) is 0 Å². The second-order valence-corrected chi connectivity index (χ2v) is 3.45. The van der Waals surface area contributed by atoms with Gasteiger partial charge in [0.05, 0.1) is 0 Å². The van der Waals surface area contributed by atoms with E-state index >= 15 is 0 Å². The summed E-state index contributed by atoms with van der Waals surface area (Å²) in [6, 6.07) is 0. The molecule has 2 unspecified atom stereocenters. The van der Waals surface area contributed by atoms with Gasteiger partial charge in [0.15, 0.2) is 0 Å². The Kier molecular flexibility index (Phi) is 3.23. The summed E-state index contributed by atoms with van der Waals surface area (Å²) in [5.74, 6) is -2.17. The van der Waals surface area contributed by atoms with E-state index in [-0.39, 0.29) is 11.7 Å². The molecule has 0 heterocycles. The lowest BCUT2D eigenvalue weighted by Crippen LogP contribution is -2.29. The number of Topliss-reactive ketones (excluding diaryl/α,β-unsaturated/α-hetero) is 1. The van der Waals surface area contributed by atoms with Crippen LogP contribution in [0.2, 0.25) is 0 Å². The number of aliphatic carboxylic acids is 1. The normalized spacial score (nSPS) is 23.9. The number of ketones is 1. The number of carboxylic acids is 1. The fraction of sp³-hybridized carbons (Fsp3) is 0.600. The molecular formula is C10H14O3. The van der Waals surface area contributed by atoms with Crippen molar-refractivity contribution in [1.29, 1.82) is 0 Å². The summed E-state index contributed by atoms with van der Waals surface area (Å²) in [5.41, 5.74) is 0. The van der Waals surface area contributed by atoms with Gasteiger partial charge in [-0.2, -0.15) is 0 Å². The first-order valence-electron chi connectivity index (χ1n) is 4.53. The molecule has 0 saturated heterocycles. The van der Waals surface area contributed by atoms with Crippen molar-refractivity contribution < 1.29 is 14.7 Å². The highest BCUT2D eigenvalue weighted by atomic mass is 16.4. The zero-order valence-corrected chi connectivity index (χ0v) is 7.69. The van der Waals surface area contributed by atoms with E-state index in [9.17, 15) is 9.59 Å². The highest BCUT2D eigenvalue weighted by Gasteiger charge is 2.30. The summed E-state index contributed by atoms with van der Waals surface area (Å²) in [4.78, 5) is 21.9. The lowest BCUT2D eigenvalue weighted by atomic mass is 9.82. The van der Waals surface area contributed by atoms with Crippen molar-refractivity contribution in [3.8, 4) is 0 Å². The minimum absolute atomic E-state index is 0.0938. The van der Waals surface area contributed by atoms with Gasteiger partial charge in [-0.3, -0.25) is 9.59 Å². The smallest absolute Gasteiger partial charge is 0.314 e. The minimum atomic E-state index is -0.996. The van der Waals surface area contributed by atoms with Crippen LogP contribution in [0.15, 0.2) is 12.2 Å². The molecule has 0 aliphatic heterocycles. The molecule has 3 nitrogen and oxygen atoms in total. The van der Waals surface area contributed by atoms with Gasteiger partial charge in [0.1, 0.15) is 11.7 Å². The van der Waals surface area contributed by atoms with E-state index in [2.05, 4.69) is 0 Å². The predicted octanol–water partition coefficient (Wildman–Crippen LogP) is 1.63. The molecule has 3 heteroatoms. The molecule has 0 saturated carbocycles. The molecule has 0 aromatic rings. The lowest BCUT2D eigenvalue weighted by molar-refractivity contribution is -0.147. The fourth-order valence-corrected chi connectivity index (χ4v) is 1.77. The number of rotatable bonds is 3. The Hall–Kier alpha value is -1.12. The van der Waals surface area contributed by atoms with E-state index in [1.54, 1.807) is 0 Å². The molecule has 0 amide bonds. The first kappa shape index (κ1) is 9.96. The molecule has 1 N–H and O–H groups in total. The molecule has 2 atom stereocenters. The quantitative estimate of drug-likeness (QED) is 0.533. The molecule has 1 aliphatic carbocycles. The first-order valence-corrected chi connectivity index (χ1v) is 4.53. The summed E-state index contributed by atoms with van der Waals surface area (Å²) in [6.45, 7) is 1.35. The summed E-state index contributed by atoms with van der Waals surface area (Å²) in [7, 11) is 0. The second kappa shape index (κ2) is 4.21. The van der Waals surface area contributed by atoms with Crippen molar-refractivity contribution in [3.63, 3.8) is 0 Å². The van der Waals surface area contributed by atoms with Crippen LogP contribution in [0.1, 0.15) is 26.2 Å². The Bertz CT molecular complexity index is 229. The Balaban J connectivity index is 2.74. The van der Waals surface area contributed by atoms with Crippen molar-refractivity contribution in [2.75, 3.05) is 0 Å². The Morgan fingerprint density at radius 2 is 2.23 bits per heavy atom. The van der Waals surface area contributed by atoms with Gasteiger partial charge in [0, 0.05) is 0 Å². The average molecular weight is 182 g/mol. The zero-order chi connectivity index (χ0) is 9.84. The number of hydrogen-bond acceptors (Lipinski definition) is 2. The van der Waals surface area contributed by atoms with Gasteiger partial charge in [-0.05, 0) is 32.1 Å². The largest absolute Gasteiger partial charge is 0.481 e. The van der Waals surface area contributed by atoms with E-state index < -0.39 is 11.9 Å². The predicted molar refractivity (Wildman–Crippen MR) is 48.3 cm³/mol. The van der Waals surface area contributed by atoms with Gasteiger partial charge in [0.25, 0.3) is 0 Å². The van der Waals surface area contributed by atoms with Crippen molar-refractivity contribution >= 4 is 11.8 Å². The van der Waals surface area contributed by atoms with Crippen LogP contribution in [0.4, 0.5) is 0 Å². The maximum atomic E-state index is 11.1. The van der Waals surface area contributed by atoms with Crippen LogP contribution in [-0.4, -0.2) is 16.9 Å². The highest BCUT2D eigenvalue weighted by molar-refractivity contribution is 5.97. The number of hydrogen-bond donors (Lipinski definition) is 1. The van der Waals surface area contributed by atoms with E-state index in [0.717, 1.165) is 19.3 Å².